The predicted octanol–water partition coefficient (Wildman–Crippen LogP) is 3.38. The number of hydrogen-bond acceptors (Lipinski definition) is 7. The fourth-order valence-electron chi connectivity index (χ4n) is 2.67. The van der Waals surface area contributed by atoms with E-state index in [1.165, 1.54) is 40.3 Å². The highest BCUT2D eigenvalue weighted by molar-refractivity contribution is 7.12. The molecule has 0 unspecified atom stereocenters. The molecule has 2 aromatic heterocycles. The van der Waals surface area contributed by atoms with E-state index in [-0.39, 0.29) is 16.8 Å². The van der Waals surface area contributed by atoms with Crippen molar-refractivity contribution in [2.24, 2.45) is 10.2 Å². The maximum atomic E-state index is 12.8. The molecule has 4 aromatic rings. The number of hydrogen-bond donors (Lipinski definition) is 1. The monoisotopic (exact) mass is 404 g/mol. The van der Waals surface area contributed by atoms with E-state index >= 15 is 0 Å². The van der Waals surface area contributed by atoms with Crippen LogP contribution in [0.3, 0.4) is 0 Å². The Bertz CT molecular complexity index is 1250. The van der Waals surface area contributed by atoms with Crippen LogP contribution >= 0.6 is 11.3 Å². The van der Waals surface area contributed by atoms with Crippen molar-refractivity contribution in [3.05, 3.63) is 81.6 Å². The van der Waals surface area contributed by atoms with Crippen molar-refractivity contribution in [2.75, 3.05) is 0 Å². The lowest BCUT2D eigenvalue weighted by Crippen LogP contribution is -2.21. The van der Waals surface area contributed by atoms with Crippen LogP contribution in [0.5, 0.6) is 0 Å². The summed E-state index contributed by atoms with van der Waals surface area (Å²) < 4.78 is 1.33. The zero-order valence-electron chi connectivity index (χ0n) is 15.2. The van der Waals surface area contributed by atoms with Gasteiger partial charge in [0.05, 0.1) is 23.0 Å². The number of azo groups is 1. The van der Waals surface area contributed by atoms with Crippen LogP contribution in [0.4, 0.5) is 11.4 Å². The molecule has 0 saturated carbocycles. The van der Waals surface area contributed by atoms with Crippen LogP contribution < -0.4 is 10.7 Å². The Morgan fingerprint density at radius 2 is 1.83 bits per heavy atom. The lowest BCUT2D eigenvalue weighted by Gasteiger charge is -2.00. The number of nitrogens with one attached hydrogen (secondary N) is 1. The summed E-state index contributed by atoms with van der Waals surface area (Å²) in [6.45, 7) is 1.72. The van der Waals surface area contributed by atoms with Crippen LogP contribution in [0.1, 0.15) is 16.1 Å². The number of carboxylic acids is 1. The number of aryl methyl sites for hydroxylation is 1. The molecule has 0 amide bonds. The summed E-state index contributed by atoms with van der Waals surface area (Å²) in [5.41, 5.74) is 2.54. The van der Waals surface area contributed by atoms with Crippen molar-refractivity contribution in [3.63, 3.8) is 0 Å². The fraction of sp³-hybridized carbons (Fsp3) is 0.0500. The van der Waals surface area contributed by atoms with E-state index in [0.29, 0.717) is 16.5 Å². The third-order valence-corrected chi connectivity index (χ3v) is 4.99. The van der Waals surface area contributed by atoms with Crippen LogP contribution in [0.25, 0.3) is 16.4 Å². The molecular weight excluding hydrogens is 390 g/mol. The molecule has 2 aromatic carbocycles. The number of aromatic nitrogens is 3. The molecule has 0 bridgehead atoms. The first-order chi connectivity index (χ1) is 14.0. The standard InChI is InChI=1S/C20H15N5O3S/c1-12-17(23-22-15-9-7-14(8-10-15)19(27)28)18(26)25(24-12)20-21-16(11-29-20)13-5-3-2-4-6-13/h2-11,24H,1H3,(H,27,28)/p-1. The molecular formula is C20H14N5O3S-. The van der Waals surface area contributed by atoms with E-state index in [1.807, 2.05) is 35.7 Å². The van der Waals surface area contributed by atoms with Gasteiger partial charge < -0.3 is 9.90 Å². The number of carbonyl (C=O) groups excluding carboxylic acids is 1. The second kappa shape index (κ2) is 7.64. The maximum Gasteiger partial charge on any atom is 0.301 e. The Kier molecular flexibility index (Phi) is 4.88. The van der Waals surface area contributed by atoms with Gasteiger partial charge in [-0.3, -0.25) is 9.89 Å². The minimum atomic E-state index is -1.27. The highest BCUT2D eigenvalue weighted by Gasteiger charge is 2.15. The molecule has 0 spiro atoms. The number of H-pyrrole nitrogens is 1. The molecule has 9 heteroatoms. The molecule has 0 atom stereocenters. The van der Waals surface area contributed by atoms with E-state index < -0.39 is 5.97 Å². The molecule has 0 fully saturated rings. The summed E-state index contributed by atoms with van der Waals surface area (Å²) in [6, 6.07) is 15.4. The fourth-order valence-corrected chi connectivity index (χ4v) is 3.46. The third kappa shape index (κ3) is 3.76. The number of carbonyl (C=O) groups is 1. The minimum Gasteiger partial charge on any atom is -0.545 e. The van der Waals surface area contributed by atoms with Gasteiger partial charge in [-0.2, -0.15) is 9.80 Å². The lowest BCUT2D eigenvalue weighted by molar-refractivity contribution is -0.255. The van der Waals surface area contributed by atoms with Crippen LogP contribution in [0.15, 0.2) is 75.0 Å². The van der Waals surface area contributed by atoms with Gasteiger partial charge in [-0.1, -0.05) is 42.5 Å². The molecule has 144 valence electrons. The second-order valence-corrected chi connectivity index (χ2v) is 6.98. The first-order valence-electron chi connectivity index (χ1n) is 8.59. The summed E-state index contributed by atoms with van der Waals surface area (Å²) in [5, 5.41) is 24.2. The zero-order chi connectivity index (χ0) is 20.4. The molecule has 0 aliphatic heterocycles. The molecule has 2 heterocycles. The molecule has 0 saturated heterocycles. The van der Waals surface area contributed by atoms with Crippen molar-refractivity contribution >= 4 is 28.7 Å². The highest BCUT2D eigenvalue weighted by atomic mass is 32.1. The highest BCUT2D eigenvalue weighted by Crippen LogP contribution is 2.24. The second-order valence-electron chi connectivity index (χ2n) is 6.14. The van der Waals surface area contributed by atoms with Crippen molar-refractivity contribution < 1.29 is 9.90 Å². The van der Waals surface area contributed by atoms with Gasteiger partial charge >= 0.3 is 5.56 Å². The molecule has 4 rings (SSSR count). The third-order valence-electron chi connectivity index (χ3n) is 4.16. The summed E-state index contributed by atoms with van der Waals surface area (Å²) in [5.74, 6) is -1.27. The summed E-state index contributed by atoms with van der Waals surface area (Å²) in [4.78, 5) is 28.1. The average Bonchev–Trinajstić information content (AvgIpc) is 3.32. The Hall–Kier alpha value is -3.85. The van der Waals surface area contributed by atoms with Gasteiger partial charge in [0.15, 0.2) is 5.69 Å². The Morgan fingerprint density at radius 3 is 2.52 bits per heavy atom. The van der Waals surface area contributed by atoms with Gasteiger partial charge in [0.2, 0.25) is 5.13 Å². The largest absolute Gasteiger partial charge is 0.545 e. The normalized spacial score (nSPS) is 11.2. The number of benzene rings is 2. The van der Waals surface area contributed by atoms with Gasteiger partial charge in [0.25, 0.3) is 0 Å². The number of thiazole rings is 1. The maximum absolute atomic E-state index is 12.8. The molecule has 8 nitrogen and oxygen atoms in total. The number of carboxylic acid groups (broad SMARTS) is 1. The average molecular weight is 404 g/mol. The number of rotatable bonds is 5. The van der Waals surface area contributed by atoms with Crippen molar-refractivity contribution in [3.8, 4) is 16.4 Å². The van der Waals surface area contributed by atoms with Gasteiger partial charge in [0, 0.05) is 10.9 Å². The van der Waals surface area contributed by atoms with E-state index in [9.17, 15) is 14.7 Å². The topological polar surface area (TPSA) is 116 Å². The first kappa shape index (κ1) is 18.5. The quantitative estimate of drug-likeness (QED) is 0.513. The summed E-state index contributed by atoms with van der Waals surface area (Å²) in [7, 11) is 0. The Balaban J connectivity index is 1.62. The first-order valence-corrected chi connectivity index (χ1v) is 9.47. The van der Waals surface area contributed by atoms with Crippen molar-refractivity contribution in [1.82, 2.24) is 14.8 Å². The van der Waals surface area contributed by atoms with Gasteiger partial charge in [-0.25, -0.2) is 4.98 Å². The zero-order valence-corrected chi connectivity index (χ0v) is 16.0. The number of aromatic carboxylic acids is 1. The van der Waals surface area contributed by atoms with Crippen LogP contribution in [-0.4, -0.2) is 20.7 Å². The summed E-state index contributed by atoms with van der Waals surface area (Å²) in [6.07, 6.45) is 0. The lowest BCUT2D eigenvalue weighted by atomic mass is 10.2. The van der Waals surface area contributed by atoms with Crippen molar-refractivity contribution in [1.29, 1.82) is 0 Å². The van der Waals surface area contributed by atoms with E-state index in [0.717, 1.165) is 11.3 Å². The van der Waals surface area contributed by atoms with E-state index in [4.69, 9.17) is 0 Å². The molecule has 29 heavy (non-hydrogen) atoms. The van der Waals surface area contributed by atoms with Crippen LogP contribution in [0, 0.1) is 6.92 Å². The number of aromatic amines is 1. The van der Waals surface area contributed by atoms with Gasteiger partial charge in [-0.05, 0) is 24.6 Å². The molecule has 0 aliphatic carbocycles. The smallest absolute Gasteiger partial charge is 0.301 e. The van der Waals surface area contributed by atoms with Gasteiger partial charge in [-0.15, -0.1) is 16.5 Å². The predicted molar refractivity (Wildman–Crippen MR) is 107 cm³/mol. The van der Waals surface area contributed by atoms with E-state index in [2.05, 4.69) is 20.3 Å². The molecule has 0 aliphatic rings. The minimum absolute atomic E-state index is 0.0436. The van der Waals surface area contributed by atoms with Gasteiger partial charge in [0.1, 0.15) is 0 Å². The van der Waals surface area contributed by atoms with Crippen LogP contribution in [0.2, 0.25) is 0 Å². The summed E-state index contributed by atoms with van der Waals surface area (Å²) >= 11 is 1.34. The van der Waals surface area contributed by atoms with Crippen molar-refractivity contribution in [2.45, 2.75) is 6.92 Å². The molecule has 0 radical (unpaired) electrons. The number of nitrogens with zero attached hydrogens (tertiary/aromatic N) is 4. The Morgan fingerprint density at radius 1 is 1.10 bits per heavy atom. The Labute approximate surface area is 168 Å². The van der Waals surface area contributed by atoms with E-state index in [1.54, 1.807) is 6.92 Å². The van der Waals surface area contributed by atoms with Crippen LogP contribution in [-0.2, 0) is 0 Å². The molecule has 1 N–H and O–H groups in total. The SMILES string of the molecule is Cc1[nH]n(-c2nc(-c3ccccc3)cs2)c(=O)c1N=Nc1ccc(C(=O)[O-])cc1.